The molecule has 0 atom stereocenters. The van der Waals surface area contributed by atoms with Crippen LogP contribution >= 0.6 is 11.5 Å². The molecule has 4 aromatic rings. The summed E-state index contributed by atoms with van der Waals surface area (Å²) >= 11 is 1.31. The Balaban J connectivity index is 1.20. The molecule has 2 amide bonds. The van der Waals surface area contributed by atoms with Crippen molar-refractivity contribution in [2.75, 3.05) is 18.4 Å². The van der Waals surface area contributed by atoms with Crippen LogP contribution in [0.5, 0.6) is 0 Å². The van der Waals surface area contributed by atoms with Gasteiger partial charge < -0.3 is 10.2 Å². The third-order valence-corrected chi connectivity index (χ3v) is 6.49. The van der Waals surface area contributed by atoms with Crippen molar-refractivity contribution in [3.05, 3.63) is 77.7 Å². The number of nitrogens with zero attached hydrogens (tertiary/aromatic N) is 3. The first-order chi connectivity index (χ1) is 15.7. The van der Waals surface area contributed by atoms with Crippen molar-refractivity contribution in [1.82, 2.24) is 14.5 Å². The molecular weight excluding hydrogens is 420 g/mol. The lowest BCUT2D eigenvalue weighted by Gasteiger charge is -2.31. The predicted molar refractivity (Wildman–Crippen MR) is 127 cm³/mol. The molecule has 2 heterocycles. The maximum Gasteiger partial charge on any atom is 0.254 e. The van der Waals surface area contributed by atoms with E-state index in [4.69, 9.17) is 0 Å². The van der Waals surface area contributed by atoms with Crippen LogP contribution in [-0.4, -0.2) is 39.4 Å². The van der Waals surface area contributed by atoms with Gasteiger partial charge in [0.15, 0.2) is 0 Å². The van der Waals surface area contributed by atoms with Crippen LogP contribution in [0.25, 0.3) is 22.0 Å². The Kier molecular flexibility index (Phi) is 5.64. The smallest absolute Gasteiger partial charge is 0.254 e. The van der Waals surface area contributed by atoms with Crippen LogP contribution in [0.2, 0.25) is 0 Å². The fourth-order valence-corrected chi connectivity index (χ4v) is 4.65. The maximum atomic E-state index is 13.1. The molecule has 32 heavy (non-hydrogen) atoms. The Morgan fingerprint density at radius 1 is 0.938 bits per heavy atom. The second-order valence-electron chi connectivity index (χ2n) is 7.95. The first-order valence-electron chi connectivity index (χ1n) is 10.6. The van der Waals surface area contributed by atoms with E-state index in [2.05, 4.69) is 14.9 Å². The molecule has 0 spiro atoms. The number of aromatic nitrogens is 2. The zero-order chi connectivity index (χ0) is 21.9. The van der Waals surface area contributed by atoms with E-state index in [1.807, 2.05) is 77.0 Å². The molecular formula is C25H22N4O2S. The van der Waals surface area contributed by atoms with Gasteiger partial charge in [0.2, 0.25) is 5.91 Å². The number of hydrogen-bond acceptors (Lipinski definition) is 5. The largest absolute Gasteiger partial charge is 0.339 e. The zero-order valence-corrected chi connectivity index (χ0v) is 18.2. The predicted octanol–water partition coefficient (Wildman–Crippen LogP) is 4.85. The molecule has 0 saturated carbocycles. The molecule has 3 aromatic carbocycles. The Hall–Kier alpha value is -3.58. The summed E-state index contributed by atoms with van der Waals surface area (Å²) in [4.78, 5) is 27.8. The summed E-state index contributed by atoms with van der Waals surface area (Å²) in [5.41, 5.74) is 3.28. The number of fused-ring (bicyclic) bond motifs is 1. The van der Waals surface area contributed by atoms with Crippen molar-refractivity contribution in [3.8, 4) is 11.3 Å². The number of benzene rings is 3. The van der Waals surface area contributed by atoms with Gasteiger partial charge in [-0.1, -0.05) is 53.0 Å². The van der Waals surface area contributed by atoms with Gasteiger partial charge >= 0.3 is 0 Å². The van der Waals surface area contributed by atoms with Gasteiger partial charge in [-0.05, 0) is 53.3 Å². The highest BCUT2D eigenvalue weighted by atomic mass is 32.1. The highest BCUT2D eigenvalue weighted by Gasteiger charge is 2.28. The summed E-state index contributed by atoms with van der Waals surface area (Å²) in [6.07, 6.45) is 1.32. The quantitative estimate of drug-likeness (QED) is 0.490. The molecule has 160 valence electrons. The van der Waals surface area contributed by atoms with Crippen LogP contribution in [0.15, 0.2) is 72.1 Å². The minimum Gasteiger partial charge on any atom is -0.339 e. The van der Waals surface area contributed by atoms with Gasteiger partial charge in [-0.15, -0.1) is 5.10 Å². The van der Waals surface area contributed by atoms with E-state index in [-0.39, 0.29) is 17.7 Å². The van der Waals surface area contributed by atoms with Crippen molar-refractivity contribution in [1.29, 1.82) is 0 Å². The summed E-state index contributed by atoms with van der Waals surface area (Å²) in [6, 6.07) is 21.4. The summed E-state index contributed by atoms with van der Waals surface area (Å²) < 4.78 is 3.88. The van der Waals surface area contributed by atoms with Crippen molar-refractivity contribution < 1.29 is 9.59 Å². The third-order valence-electron chi connectivity index (χ3n) is 5.98. The summed E-state index contributed by atoms with van der Waals surface area (Å²) in [5.74, 6) is -0.0629. The van der Waals surface area contributed by atoms with Gasteiger partial charge in [-0.2, -0.15) is 0 Å². The van der Waals surface area contributed by atoms with Crippen LogP contribution in [0.3, 0.4) is 0 Å². The molecule has 1 saturated heterocycles. The second kappa shape index (κ2) is 8.88. The number of hydrogen-bond donors (Lipinski definition) is 1. The molecule has 7 heteroatoms. The number of anilines is 1. The minimum absolute atomic E-state index is 0.00494. The molecule has 1 aliphatic heterocycles. The number of rotatable bonds is 4. The molecule has 1 aliphatic rings. The standard InChI is InChI=1S/C25H22N4O2S/c30-24(26-20-10-8-18(9-11-20)23-16-32-28-27-23)19-12-14-29(15-13-19)25(31)22-7-3-5-17-4-1-2-6-21(17)22/h1-11,16,19H,12-15H2,(H,26,30). The van der Waals surface area contributed by atoms with E-state index >= 15 is 0 Å². The van der Waals surface area contributed by atoms with Crippen LogP contribution < -0.4 is 5.32 Å². The zero-order valence-electron chi connectivity index (χ0n) is 17.4. The van der Waals surface area contributed by atoms with Gasteiger partial charge in [0, 0.05) is 41.2 Å². The Morgan fingerprint density at radius 2 is 1.69 bits per heavy atom. The Morgan fingerprint density at radius 3 is 2.44 bits per heavy atom. The average Bonchev–Trinajstić information content (AvgIpc) is 3.39. The van der Waals surface area contributed by atoms with Crippen molar-refractivity contribution >= 4 is 39.8 Å². The third kappa shape index (κ3) is 4.11. The number of carbonyl (C=O) groups is 2. The SMILES string of the molecule is O=C(Nc1ccc(-c2csnn2)cc1)C1CCN(C(=O)c2cccc3ccccc23)CC1. The molecule has 1 aromatic heterocycles. The van der Waals surface area contributed by atoms with Crippen molar-refractivity contribution in [2.45, 2.75) is 12.8 Å². The molecule has 5 rings (SSSR count). The Labute approximate surface area is 190 Å². The normalized spacial score (nSPS) is 14.4. The monoisotopic (exact) mass is 442 g/mol. The van der Waals surface area contributed by atoms with E-state index in [9.17, 15) is 9.59 Å². The number of likely N-dealkylation sites (tertiary alicyclic amines) is 1. The molecule has 1 fully saturated rings. The van der Waals surface area contributed by atoms with Gasteiger partial charge in [-0.3, -0.25) is 9.59 Å². The van der Waals surface area contributed by atoms with Gasteiger partial charge in [0.05, 0.1) is 0 Å². The summed E-state index contributed by atoms with van der Waals surface area (Å²) in [7, 11) is 0. The van der Waals surface area contributed by atoms with Gasteiger partial charge in [-0.25, -0.2) is 0 Å². The van der Waals surface area contributed by atoms with Crippen LogP contribution in [0.1, 0.15) is 23.2 Å². The fourth-order valence-electron chi connectivity index (χ4n) is 4.19. The molecule has 0 radical (unpaired) electrons. The second-order valence-corrected chi connectivity index (χ2v) is 8.56. The molecule has 0 bridgehead atoms. The lowest BCUT2D eigenvalue weighted by atomic mass is 9.94. The number of carbonyl (C=O) groups excluding carboxylic acids is 2. The average molecular weight is 443 g/mol. The molecule has 0 aliphatic carbocycles. The van der Waals surface area contributed by atoms with Crippen LogP contribution in [0, 0.1) is 5.92 Å². The topological polar surface area (TPSA) is 75.2 Å². The van der Waals surface area contributed by atoms with Crippen molar-refractivity contribution in [2.24, 2.45) is 5.92 Å². The summed E-state index contributed by atoms with van der Waals surface area (Å²) in [6.45, 7) is 1.16. The Bertz CT molecular complexity index is 1240. The van der Waals surface area contributed by atoms with Crippen molar-refractivity contribution in [3.63, 3.8) is 0 Å². The lowest BCUT2D eigenvalue weighted by Crippen LogP contribution is -2.41. The number of amides is 2. The van der Waals surface area contributed by atoms with E-state index < -0.39 is 0 Å². The number of piperidine rings is 1. The van der Waals surface area contributed by atoms with E-state index in [1.54, 1.807) is 0 Å². The number of nitrogens with one attached hydrogen (secondary N) is 1. The molecule has 6 nitrogen and oxygen atoms in total. The fraction of sp³-hybridized carbons (Fsp3) is 0.200. The van der Waals surface area contributed by atoms with Gasteiger partial charge in [0.1, 0.15) is 5.69 Å². The van der Waals surface area contributed by atoms with Crippen LogP contribution in [0.4, 0.5) is 5.69 Å². The van der Waals surface area contributed by atoms with Crippen LogP contribution in [-0.2, 0) is 4.79 Å². The first kappa shape index (κ1) is 20.3. The molecule has 1 N–H and O–H groups in total. The molecule has 0 unspecified atom stereocenters. The summed E-state index contributed by atoms with van der Waals surface area (Å²) in [5, 5.41) is 11.0. The van der Waals surface area contributed by atoms with E-state index in [0.29, 0.717) is 25.9 Å². The van der Waals surface area contributed by atoms with Gasteiger partial charge in [0.25, 0.3) is 5.91 Å². The highest BCUT2D eigenvalue weighted by Crippen LogP contribution is 2.25. The minimum atomic E-state index is -0.103. The lowest BCUT2D eigenvalue weighted by molar-refractivity contribution is -0.121. The highest BCUT2D eigenvalue weighted by molar-refractivity contribution is 7.03. The van der Waals surface area contributed by atoms with E-state index in [1.165, 1.54) is 11.5 Å². The maximum absolute atomic E-state index is 13.1. The first-order valence-corrected chi connectivity index (χ1v) is 11.5. The van der Waals surface area contributed by atoms with E-state index in [0.717, 1.165) is 33.3 Å².